The second kappa shape index (κ2) is 8.99. The molecule has 1 N–H and O–H groups in total. The lowest BCUT2D eigenvalue weighted by Gasteiger charge is -2.34. The molecular formula is C23H28N2O4. The molecule has 2 amide bonds. The van der Waals surface area contributed by atoms with Crippen LogP contribution >= 0.6 is 0 Å². The van der Waals surface area contributed by atoms with Crippen molar-refractivity contribution in [1.82, 2.24) is 10.2 Å². The van der Waals surface area contributed by atoms with Gasteiger partial charge in [-0.2, -0.15) is 0 Å². The van der Waals surface area contributed by atoms with Crippen molar-refractivity contribution in [2.24, 2.45) is 0 Å². The number of benzene rings is 2. The number of hydrogen-bond donors (Lipinski definition) is 1. The van der Waals surface area contributed by atoms with E-state index in [-0.39, 0.29) is 11.8 Å². The SMILES string of the molecule is COc1ccc(CCN2C(=O)CCC2(C)C(=O)NCc2ccccc2)c(OC)c1. The van der Waals surface area contributed by atoms with Crippen molar-refractivity contribution in [3.8, 4) is 11.5 Å². The summed E-state index contributed by atoms with van der Waals surface area (Å²) in [5.74, 6) is 1.32. The van der Waals surface area contributed by atoms with Crippen LogP contribution < -0.4 is 14.8 Å². The Labute approximate surface area is 171 Å². The highest BCUT2D eigenvalue weighted by Crippen LogP contribution is 2.32. The number of likely N-dealkylation sites (tertiary alicyclic amines) is 1. The van der Waals surface area contributed by atoms with Gasteiger partial charge in [-0.15, -0.1) is 0 Å². The molecule has 154 valence electrons. The van der Waals surface area contributed by atoms with Gasteiger partial charge in [0, 0.05) is 25.6 Å². The van der Waals surface area contributed by atoms with Crippen LogP contribution in [0.15, 0.2) is 48.5 Å². The summed E-state index contributed by atoms with van der Waals surface area (Å²) in [6.45, 7) is 2.75. The lowest BCUT2D eigenvalue weighted by atomic mass is 9.97. The van der Waals surface area contributed by atoms with E-state index in [2.05, 4.69) is 5.32 Å². The van der Waals surface area contributed by atoms with E-state index in [9.17, 15) is 9.59 Å². The molecule has 0 radical (unpaired) electrons. The predicted molar refractivity (Wildman–Crippen MR) is 111 cm³/mol. The van der Waals surface area contributed by atoms with Crippen LogP contribution in [0.3, 0.4) is 0 Å². The zero-order chi connectivity index (χ0) is 20.9. The number of ether oxygens (including phenoxy) is 2. The number of nitrogens with one attached hydrogen (secondary N) is 1. The van der Waals surface area contributed by atoms with Crippen LogP contribution in [0.4, 0.5) is 0 Å². The van der Waals surface area contributed by atoms with Gasteiger partial charge in [-0.05, 0) is 37.0 Å². The number of hydrogen-bond acceptors (Lipinski definition) is 4. The van der Waals surface area contributed by atoms with Crippen LogP contribution in [0.25, 0.3) is 0 Å². The average Bonchev–Trinajstić information content (AvgIpc) is 3.05. The molecule has 0 spiro atoms. The normalized spacial score (nSPS) is 18.6. The molecule has 1 atom stereocenters. The summed E-state index contributed by atoms with van der Waals surface area (Å²) in [4.78, 5) is 27.2. The van der Waals surface area contributed by atoms with E-state index in [1.165, 1.54) is 0 Å². The summed E-state index contributed by atoms with van der Waals surface area (Å²) in [5.41, 5.74) is 1.16. The van der Waals surface area contributed by atoms with Crippen LogP contribution in [0.5, 0.6) is 11.5 Å². The molecule has 0 aromatic heterocycles. The first-order valence-corrected chi connectivity index (χ1v) is 9.81. The Morgan fingerprint density at radius 1 is 1.14 bits per heavy atom. The molecular weight excluding hydrogens is 368 g/mol. The van der Waals surface area contributed by atoms with E-state index < -0.39 is 5.54 Å². The molecule has 6 heteroatoms. The Balaban J connectivity index is 1.68. The standard InChI is InChI=1S/C23H28N2O4/c1-23(22(27)24-16-17-7-5-4-6-8-17)13-11-21(26)25(23)14-12-18-9-10-19(28-2)15-20(18)29-3/h4-10,15H,11-14,16H2,1-3H3,(H,24,27). The lowest BCUT2D eigenvalue weighted by Crippen LogP contribution is -2.54. The molecule has 1 aliphatic heterocycles. The highest BCUT2D eigenvalue weighted by atomic mass is 16.5. The molecule has 2 aromatic carbocycles. The van der Waals surface area contributed by atoms with E-state index in [0.717, 1.165) is 11.1 Å². The van der Waals surface area contributed by atoms with E-state index in [1.807, 2.05) is 55.5 Å². The molecule has 0 aliphatic carbocycles. The van der Waals surface area contributed by atoms with Gasteiger partial charge in [-0.3, -0.25) is 9.59 Å². The van der Waals surface area contributed by atoms with Crippen LogP contribution in [-0.4, -0.2) is 43.0 Å². The summed E-state index contributed by atoms with van der Waals surface area (Å²) in [7, 11) is 3.22. The number of amides is 2. The molecule has 2 aromatic rings. The molecule has 1 saturated heterocycles. The predicted octanol–water partition coefficient (Wildman–Crippen LogP) is 2.94. The molecule has 6 nitrogen and oxygen atoms in total. The number of nitrogens with zero attached hydrogens (tertiary/aromatic N) is 1. The third kappa shape index (κ3) is 4.53. The fraction of sp³-hybridized carbons (Fsp3) is 0.391. The van der Waals surface area contributed by atoms with Gasteiger partial charge in [0.2, 0.25) is 11.8 Å². The van der Waals surface area contributed by atoms with Crippen LogP contribution in [0.2, 0.25) is 0 Å². The Bertz CT molecular complexity index is 868. The Hall–Kier alpha value is -3.02. The van der Waals surface area contributed by atoms with Gasteiger partial charge < -0.3 is 19.7 Å². The maximum Gasteiger partial charge on any atom is 0.245 e. The van der Waals surface area contributed by atoms with Crippen molar-refractivity contribution in [2.45, 2.75) is 38.3 Å². The first-order valence-electron chi connectivity index (χ1n) is 9.81. The first-order chi connectivity index (χ1) is 14.0. The summed E-state index contributed by atoms with van der Waals surface area (Å²) in [5, 5.41) is 2.99. The smallest absolute Gasteiger partial charge is 0.245 e. The third-order valence-electron chi connectivity index (χ3n) is 5.61. The summed E-state index contributed by atoms with van der Waals surface area (Å²) >= 11 is 0. The van der Waals surface area contributed by atoms with Crippen molar-refractivity contribution < 1.29 is 19.1 Å². The zero-order valence-corrected chi connectivity index (χ0v) is 17.2. The largest absolute Gasteiger partial charge is 0.497 e. The van der Waals surface area contributed by atoms with Gasteiger partial charge in [0.1, 0.15) is 17.0 Å². The topological polar surface area (TPSA) is 67.9 Å². The fourth-order valence-corrected chi connectivity index (χ4v) is 3.76. The Morgan fingerprint density at radius 3 is 2.59 bits per heavy atom. The third-order valence-corrected chi connectivity index (χ3v) is 5.61. The fourth-order valence-electron chi connectivity index (χ4n) is 3.76. The highest BCUT2D eigenvalue weighted by molar-refractivity contribution is 5.94. The van der Waals surface area contributed by atoms with Crippen molar-refractivity contribution >= 4 is 11.8 Å². The average molecular weight is 396 g/mol. The molecule has 1 heterocycles. The number of carbonyl (C=O) groups excluding carboxylic acids is 2. The van der Waals surface area contributed by atoms with Crippen molar-refractivity contribution in [3.63, 3.8) is 0 Å². The van der Waals surface area contributed by atoms with E-state index in [1.54, 1.807) is 19.1 Å². The van der Waals surface area contributed by atoms with Crippen molar-refractivity contribution in [3.05, 3.63) is 59.7 Å². The van der Waals surface area contributed by atoms with Crippen LogP contribution in [0.1, 0.15) is 30.9 Å². The van der Waals surface area contributed by atoms with Crippen LogP contribution in [-0.2, 0) is 22.6 Å². The Kier molecular flexibility index (Phi) is 6.42. The molecule has 0 saturated carbocycles. The van der Waals surface area contributed by atoms with Crippen molar-refractivity contribution in [2.75, 3.05) is 20.8 Å². The van der Waals surface area contributed by atoms with Gasteiger partial charge in [-0.25, -0.2) is 0 Å². The van der Waals surface area contributed by atoms with Gasteiger partial charge in [0.25, 0.3) is 0 Å². The molecule has 0 bridgehead atoms. The maximum absolute atomic E-state index is 13.0. The molecule has 3 rings (SSSR count). The second-order valence-electron chi connectivity index (χ2n) is 7.42. The lowest BCUT2D eigenvalue weighted by molar-refractivity contribution is -0.140. The number of carbonyl (C=O) groups is 2. The quantitative estimate of drug-likeness (QED) is 0.745. The molecule has 1 unspecified atom stereocenters. The summed E-state index contributed by atoms with van der Waals surface area (Å²) < 4.78 is 10.7. The number of rotatable bonds is 8. The minimum Gasteiger partial charge on any atom is -0.497 e. The zero-order valence-electron chi connectivity index (χ0n) is 17.2. The summed E-state index contributed by atoms with van der Waals surface area (Å²) in [6.07, 6.45) is 1.50. The maximum atomic E-state index is 13.0. The van der Waals surface area contributed by atoms with E-state index in [4.69, 9.17) is 9.47 Å². The molecule has 1 fully saturated rings. The summed E-state index contributed by atoms with van der Waals surface area (Å²) in [6, 6.07) is 15.4. The second-order valence-corrected chi connectivity index (χ2v) is 7.42. The van der Waals surface area contributed by atoms with Gasteiger partial charge in [0.15, 0.2) is 0 Å². The van der Waals surface area contributed by atoms with E-state index >= 15 is 0 Å². The molecule has 29 heavy (non-hydrogen) atoms. The highest BCUT2D eigenvalue weighted by Gasteiger charge is 2.46. The monoisotopic (exact) mass is 396 g/mol. The van der Waals surface area contributed by atoms with E-state index in [0.29, 0.717) is 43.9 Å². The van der Waals surface area contributed by atoms with Gasteiger partial charge in [-0.1, -0.05) is 36.4 Å². The Morgan fingerprint density at radius 2 is 1.90 bits per heavy atom. The van der Waals surface area contributed by atoms with Crippen molar-refractivity contribution in [1.29, 1.82) is 0 Å². The van der Waals surface area contributed by atoms with Crippen LogP contribution in [0, 0.1) is 0 Å². The minimum atomic E-state index is -0.842. The van der Waals surface area contributed by atoms with Gasteiger partial charge in [0.05, 0.1) is 14.2 Å². The molecule has 1 aliphatic rings. The van der Waals surface area contributed by atoms with Gasteiger partial charge >= 0.3 is 0 Å². The number of methoxy groups -OCH3 is 2. The first kappa shape index (κ1) is 20.7. The minimum absolute atomic E-state index is 0.00911.